The first-order valence-corrected chi connectivity index (χ1v) is 7.06. The normalized spacial score (nSPS) is 10.7. The lowest BCUT2D eigenvalue weighted by Gasteiger charge is -2.06. The number of amides is 1. The van der Waals surface area contributed by atoms with E-state index in [0.717, 1.165) is 17.5 Å². The zero-order valence-corrected chi connectivity index (χ0v) is 12.0. The second-order valence-electron chi connectivity index (χ2n) is 4.74. The maximum Gasteiger partial charge on any atom is 0.253 e. The Labute approximate surface area is 127 Å². The molecule has 0 radical (unpaired) electrons. The number of benzene rings is 2. The molecule has 106 valence electrons. The molecule has 2 aromatic carbocycles. The quantitative estimate of drug-likeness (QED) is 0.777. The summed E-state index contributed by atoms with van der Waals surface area (Å²) in [6.45, 7) is 0.556. The highest BCUT2D eigenvalue weighted by Gasteiger charge is 2.10. The highest BCUT2D eigenvalue weighted by Crippen LogP contribution is 2.14. The van der Waals surface area contributed by atoms with Gasteiger partial charge in [-0.15, -0.1) is 0 Å². The molecule has 0 fully saturated rings. The van der Waals surface area contributed by atoms with Crippen LogP contribution in [0.25, 0.3) is 11.0 Å². The SMILES string of the molecule is O=C(NCCc1cccc(Cl)c1)c1cccc2[nH]cnc12. The Morgan fingerprint density at radius 1 is 1.24 bits per heavy atom. The van der Waals surface area contributed by atoms with E-state index in [9.17, 15) is 4.79 Å². The molecule has 21 heavy (non-hydrogen) atoms. The Bertz CT molecular complexity index is 782. The van der Waals surface area contributed by atoms with Crippen molar-refractivity contribution in [1.29, 1.82) is 0 Å². The van der Waals surface area contributed by atoms with Gasteiger partial charge in [-0.1, -0.05) is 29.8 Å². The van der Waals surface area contributed by atoms with Gasteiger partial charge in [0.25, 0.3) is 5.91 Å². The van der Waals surface area contributed by atoms with Crippen LogP contribution in [0.4, 0.5) is 0 Å². The summed E-state index contributed by atoms with van der Waals surface area (Å²) in [7, 11) is 0. The third-order valence-electron chi connectivity index (χ3n) is 3.28. The molecule has 3 rings (SSSR count). The summed E-state index contributed by atoms with van der Waals surface area (Å²) in [5.74, 6) is -0.116. The van der Waals surface area contributed by atoms with Crippen molar-refractivity contribution in [2.45, 2.75) is 6.42 Å². The summed E-state index contributed by atoms with van der Waals surface area (Å²) in [4.78, 5) is 19.4. The fraction of sp³-hybridized carbons (Fsp3) is 0.125. The number of halogens is 1. The van der Waals surface area contributed by atoms with Gasteiger partial charge in [0.15, 0.2) is 0 Å². The maximum atomic E-state index is 12.2. The van der Waals surface area contributed by atoms with Gasteiger partial charge >= 0.3 is 0 Å². The molecule has 0 aliphatic rings. The number of aromatic amines is 1. The largest absolute Gasteiger partial charge is 0.352 e. The fourth-order valence-electron chi connectivity index (χ4n) is 2.26. The van der Waals surface area contributed by atoms with E-state index in [2.05, 4.69) is 15.3 Å². The van der Waals surface area contributed by atoms with E-state index in [1.54, 1.807) is 12.4 Å². The minimum atomic E-state index is -0.116. The lowest BCUT2D eigenvalue weighted by Crippen LogP contribution is -2.25. The van der Waals surface area contributed by atoms with E-state index in [1.165, 1.54) is 0 Å². The van der Waals surface area contributed by atoms with E-state index in [4.69, 9.17) is 11.6 Å². The van der Waals surface area contributed by atoms with Crippen molar-refractivity contribution in [3.05, 3.63) is 64.9 Å². The van der Waals surface area contributed by atoms with Gasteiger partial charge in [-0.05, 0) is 36.2 Å². The Morgan fingerprint density at radius 3 is 2.95 bits per heavy atom. The molecule has 3 aromatic rings. The molecule has 0 saturated heterocycles. The topological polar surface area (TPSA) is 57.8 Å². The minimum absolute atomic E-state index is 0.116. The lowest BCUT2D eigenvalue weighted by atomic mass is 10.1. The third kappa shape index (κ3) is 3.06. The minimum Gasteiger partial charge on any atom is -0.352 e. The number of fused-ring (bicyclic) bond motifs is 1. The molecule has 0 aliphatic heterocycles. The number of rotatable bonds is 4. The van der Waals surface area contributed by atoms with Gasteiger partial charge in [0, 0.05) is 11.6 Å². The van der Waals surface area contributed by atoms with Gasteiger partial charge in [0.1, 0.15) is 5.52 Å². The number of hydrogen-bond acceptors (Lipinski definition) is 2. The number of hydrogen-bond donors (Lipinski definition) is 2. The second-order valence-corrected chi connectivity index (χ2v) is 5.18. The number of H-pyrrole nitrogens is 1. The zero-order chi connectivity index (χ0) is 14.7. The summed E-state index contributed by atoms with van der Waals surface area (Å²) in [5.41, 5.74) is 3.23. The van der Waals surface area contributed by atoms with Crippen LogP contribution in [0.1, 0.15) is 15.9 Å². The van der Waals surface area contributed by atoms with Gasteiger partial charge in [0.05, 0.1) is 17.4 Å². The molecule has 0 saturated carbocycles. The number of carbonyl (C=O) groups is 1. The molecule has 2 N–H and O–H groups in total. The summed E-state index contributed by atoms with van der Waals surface area (Å²) >= 11 is 5.94. The smallest absolute Gasteiger partial charge is 0.253 e. The van der Waals surface area contributed by atoms with Crippen molar-refractivity contribution in [2.24, 2.45) is 0 Å². The van der Waals surface area contributed by atoms with Crippen molar-refractivity contribution in [2.75, 3.05) is 6.54 Å². The molecule has 4 nitrogen and oxygen atoms in total. The molecule has 0 aliphatic carbocycles. The average Bonchev–Trinajstić information content (AvgIpc) is 2.95. The van der Waals surface area contributed by atoms with E-state index in [0.29, 0.717) is 22.6 Å². The van der Waals surface area contributed by atoms with Crippen LogP contribution in [0.2, 0.25) is 5.02 Å². The molecular weight excluding hydrogens is 286 g/mol. The van der Waals surface area contributed by atoms with E-state index in [-0.39, 0.29) is 5.91 Å². The number of nitrogens with zero attached hydrogens (tertiary/aromatic N) is 1. The van der Waals surface area contributed by atoms with Gasteiger partial charge in [-0.25, -0.2) is 4.98 Å². The van der Waals surface area contributed by atoms with Gasteiger partial charge in [-0.3, -0.25) is 4.79 Å². The van der Waals surface area contributed by atoms with Crippen LogP contribution in [0.3, 0.4) is 0 Å². The molecular formula is C16H14ClN3O. The summed E-state index contributed by atoms with van der Waals surface area (Å²) in [6.07, 6.45) is 2.33. The first-order chi connectivity index (χ1) is 10.2. The van der Waals surface area contributed by atoms with Gasteiger partial charge in [0.2, 0.25) is 0 Å². The molecule has 0 bridgehead atoms. The van der Waals surface area contributed by atoms with Crippen LogP contribution >= 0.6 is 11.6 Å². The van der Waals surface area contributed by atoms with E-state index >= 15 is 0 Å². The molecule has 0 spiro atoms. The predicted molar refractivity (Wildman–Crippen MR) is 83.6 cm³/mol. The first-order valence-electron chi connectivity index (χ1n) is 6.69. The van der Waals surface area contributed by atoms with Crippen LogP contribution in [-0.4, -0.2) is 22.4 Å². The fourth-order valence-corrected chi connectivity index (χ4v) is 2.47. The number of aromatic nitrogens is 2. The standard InChI is InChI=1S/C16H14ClN3O/c17-12-4-1-3-11(9-12)7-8-18-16(21)13-5-2-6-14-15(13)20-10-19-14/h1-6,9-10H,7-8H2,(H,18,21)(H,19,20). The lowest BCUT2D eigenvalue weighted by molar-refractivity contribution is 0.0955. The van der Waals surface area contributed by atoms with Crippen molar-refractivity contribution in [1.82, 2.24) is 15.3 Å². The Kier molecular flexibility index (Phi) is 3.88. The molecule has 1 amide bonds. The number of imidazole rings is 1. The summed E-state index contributed by atoms with van der Waals surface area (Å²) in [6, 6.07) is 13.1. The molecule has 1 aromatic heterocycles. The highest BCUT2D eigenvalue weighted by molar-refractivity contribution is 6.30. The van der Waals surface area contributed by atoms with Crippen molar-refractivity contribution >= 4 is 28.5 Å². The molecule has 1 heterocycles. The molecule has 0 unspecified atom stereocenters. The molecule has 5 heteroatoms. The highest BCUT2D eigenvalue weighted by atomic mass is 35.5. The van der Waals surface area contributed by atoms with Crippen LogP contribution in [0.15, 0.2) is 48.8 Å². The van der Waals surface area contributed by atoms with Crippen LogP contribution in [-0.2, 0) is 6.42 Å². The van der Waals surface area contributed by atoms with Crippen LogP contribution in [0.5, 0.6) is 0 Å². The van der Waals surface area contributed by atoms with E-state index in [1.807, 2.05) is 36.4 Å². The van der Waals surface area contributed by atoms with Gasteiger partial charge in [-0.2, -0.15) is 0 Å². The first kappa shape index (κ1) is 13.6. The van der Waals surface area contributed by atoms with Crippen molar-refractivity contribution in [3.8, 4) is 0 Å². The van der Waals surface area contributed by atoms with Crippen LogP contribution in [0, 0.1) is 0 Å². The number of para-hydroxylation sites is 1. The average molecular weight is 300 g/mol. The Balaban J connectivity index is 1.65. The summed E-state index contributed by atoms with van der Waals surface area (Å²) < 4.78 is 0. The predicted octanol–water partition coefficient (Wildman–Crippen LogP) is 3.19. The Morgan fingerprint density at radius 2 is 2.10 bits per heavy atom. The van der Waals surface area contributed by atoms with Crippen molar-refractivity contribution < 1.29 is 4.79 Å². The van der Waals surface area contributed by atoms with Crippen molar-refractivity contribution in [3.63, 3.8) is 0 Å². The second kappa shape index (κ2) is 5.97. The third-order valence-corrected chi connectivity index (χ3v) is 3.52. The van der Waals surface area contributed by atoms with Gasteiger partial charge < -0.3 is 10.3 Å². The Hall–Kier alpha value is -2.33. The van der Waals surface area contributed by atoms with E-state index < -0.39 is 0 Å². The molecule has 0 atom stereocenters. The number of carbonyl (C=O) groups excluding carboxylic acids is 1. The monoisotopic (exact) mass is 299 g/mol. The van der Waals surface area contributed by atoms with Crippen LogP contribution < -0.4 is 5.32 Å². The maximum absolute atomic E-state index is 12.2. The number of nitrogens with one attached hydrogen (secondary N) is 2. The zero-order valence-electron chi connectivity index (χ0n) is 11.3. The summed E-state index contributed by atoms with van der Waals surface area (Å²) in [5, 5.41) is 3.62.